The third kappa shape index (κ3) is 5.11. The maximum atomic E-state index is 12.4. The second kappa shape index (κ2) is 8.34. The Bertz CT molecular complexity index is 628. The Hall–Kier alpha value is -2.33. The van der Waals surface area contributed by atoms with Crippen molar-refractivity contribution in [3.8, 4) is 5.75 Å². The first kappa shape index (κ1) is 17.0. The largest absolute Gasteiger partial charge is 0.481 e. The van der Waals surface area contributed by atoms with E-state index < -0.39 is 6.10 Å². The minimum atomic E-state index is -0.610. The van der Waals surface area contributed by atoms with Gasteiger partial charge >= 0.3 is 0 Å². The van der Waals surface area contributed by atoms with Crippen molar-refractivity contribution in [2.45, 2.75) is 32.4 Å². The van der Waals surface area contributed by atoms with E-state index in [1.54, 1.807) is 6.92 Å². The Kier molecular flexibility index (Phi) is 6.18. The topological polar surface area (TPSA) is 58.6 Å². The van der Waals surface area contributed by atoms with Crippen LogP contribution in [0.15, 0.2) is 54.6 Å². The number of aliphatic hydroxyl groups is 1. The molecule has 2 N–H and O–H groups in total. The van der Waals surface area contributed by atoms with E-state index in [4.69, 9.17) is 4.74 Å². The number of ether oxygens (including phenoxy) is 1. The third-order valence-electron chi connectivity index (χ3n) is 3.61. The highest BCUT2D eigenvalue weighted by Gasteiger charge is 2.20. The summed E-state index contributed by atoms with van der Waals surface area (Å²) in [7, 11) is 0. The molecule has 0 radical (unpaired) electrons. The molecule has 4 nitrogen and oxygen atoms in total. The number of carbonyl (C=O) groups is 1. The molecule has 0 heterocycles. The summed E-state index contributed by atoms with van der Waals surface area (Å²) in [6, 6.07) is 17.0. The molecule has 0 saturated heterocycles. The zero-order chi connectivity index (χ0) is 16.7. The van der Waals surface area contributed by atoms with Gasteiger partial charge in [0.2, 0.25) is 0 Å². The van der Waals surface area contributed by atoms with Crippen LogP contribution in [0.2, 0.25) is 0 Å². The van der Waals surface area contributed by atoms with Gasteiger partial charge in [-0.25, -0.2) is 0 Å². The molecule has 0 saturated carbocycles. The molecule has 0 bridgehead atoms. The fourth-order valence-corrected chi connectivity index (χ4v) is 2.37. The average molecular weight is 313 g/mol. The third-order valence-corrected chi connectivity index (χ3v) is 3.61. The number of amides is 1. The van der Waals surface area contributed by atoms with E-state index in [1.807, 2.05) is 61.5 Å². The zero-order valence-corrected chi connectivity index (χ0v) is 13.5. The molecule has 23 heavy (non-hydrogen) atoms. The van der Waals surface area contributed by atoms with Crippen LogP contribution in [0.3, 0.4) is 0 Å². The molecule has 0 fully saturated rings. The fourth-order valence-electron chi connectivity index (χ4n) is 2.37. The van der Waals surface area contributed by atoms with E-state index in [0.717, 1.165) is 11.1 Å². The van der Waals surface area contributed by atoms with Crippen molar-refractivity contribution in [3.63, 3.8) is 0 Å². The summed E-state index contributed by atoms with van der Waals surface area (Å²) < 4.78 is 5.70. The van der Waals surface area contributed by atoms with Crippen molar-refractivity contribution in [3.05, 3.63) is 65.7 Å². The summed E-state index contributed by atoms with van der Waals surface area (Å²) in [6.07, 6.45) is -0.144. The number of hydrogen-bond donors (Lipinski definition) is 2. The Morgan fingerprint density at radius 2 is 1.91 bits per heavy atom. The van der Waals surface area contributed by atoms with Gasteiger partial charge in [0.1, 0.15) is 5.75 Å². The van der Waals surface area contributed by atoms with Gasteiger partial charge in [-0.1, -0.05) is 42.5 Å². The quantitative estimate of drug-likeness (QED) is 0.826. The normalized spacial score (nSPS) is 13.2. The molecule has 0 aromatic heterocycles. The highest BCUT2D eigenvalue weighted by Crippen LogP contribution is 2.18. The number of hydrogen-bond acceptors (Lipinski definition) is 3. The Balaban J connectivity index is 2.00. The summed E-state index contributed by atoms with van der Waals surface area (Å²) >= 11 is 0. The smallest absolute Gasteiger partial charge is 0.261 e. The van der Waals surface area contributed by atoms with Crippen LogP contribution in [-0.4, -0.2) is 23.7 Å². The van der Waals surface area contributed by atoms with Crippen molar-refractivity contribution in [1.29, 1.82) is 0 Å². The first-order chi connectivity index (χ1) is 11.1. The maximum Gasteiger partial charge on any atom is 0.261 e. The number of nitrogens with one attached hydrogen (secondary N) is 1. The van der Waals surface area contributed by atoms with Crippen molar-refractivity contribution < 1.29 is 14.6 Å². The molecule has 2 atom stereocenters. The van der Waals surface area contributed by atoms with Gasteiger partial charge in [-0.15, -0.1) is 0 Å². The summed E-state index contributed by atoms with van der Waals surface area (Å²) in [4.78, 5) is 12.4. The number of rotatable bonds is 7. The zero-order valence-electron chi connectivity index (χ0n) is 13.5. The molecule has 0 aliphatic heterocycles. The van der Waals surface area contributed by atoms with Crippen molar-refractivity contribution in [2.24, 2.45) is 0 Å². The van der Waals surface area contributed by atoms with Gasteiger partial charge < -0.3 is 15.2 Å². The lowest BCUT2D eigenvalue weighted by molar-refractivity contribution is -0.128. The molecule has 122 valence electrons. The molecule has 1 amide bonds. The van der Waals surface area contributed by atoms with E-state index >= 15 is 0 Å². The number of carbonyl (C=O) groups excluding carboxylic acids is 1. The standard InChI is InChI=1S/C19H23NO3/c1-14-7-6-10-17(13-14)23-15(2)19(22)20-18(11-12-21)16-8-4-3-5-9-16/h3-10,13,15,18,21H,11-12H2,1-2H3,(H,20,22). The molecule has 2 rings (SSSR count). The monoisotopic (exact) mass is 313 g/mol. The highest BCUT2D eigenvalue weighted by atomic mass is 16.5. The first-order valence-corrected chi connectivity index (χ1v) is 7.79. The van der Waals surface area contributed by atoms with Gasteiger partial charge in [-0.2, -0.15) is 0 Å². The van der Waals surface area contributed by atoms with Crippen molar-refractivity contribution >= 4 is 5.91 Å². The summed E-state index contributed by atoms with van der Waals surface area (Å²) in [5.74, 6) is 0.472. The van der Waals surface area contributed by atoms with Gasteiger partial charge in [0.05, 0.1) is 6.04 Å². The molecular weight excluding hydrogens is 290 g/mol. The van der Waals surface area contributed by atoms with Gasteiger partial charge in [-0.05, 0) is 43.5 Å². The van der Waals surface area contributed by atoms with Gasteiger partial charge in [-0.3, -0.25) is 4.79 Å². The highest BCUT2D eigenvalue weighted by molar-refractivity contribution is 5.81. The molecule has 2 aromatic rings. The molecule has 0 aliphatic rings. The van der Waals surface area contributed by atoms with E-state index in [1.165, 1.54) is 0 Å². The SMILES string of the molecule is Cc1cccc(OC(C)C(=O)NC(CCO)c2ccccc2)c1. The van der Waals surface area contributed by atoms with Crippen LogP contribution in [-0.2, 0) is 4.79 Å². The van der Waals surface area contributed by atoms with Crippen molar-refractivity contribution in [1.82, 2.24) is 5.32 Å². The van der Waals surface area contributed by atoms with Gasteiger partial charge in [0, 0.05) is 6.61 Å². The van der Waals surface area contributed by atoms with Crippen molar-refractivity contribution in [2.75, 3.05) is 6.61 Å². The summed E-state index contributed by atoms with van der Waals surface area (Å²) in [5.41, 5.74) is 2.05. The second-order valence-corrected chi connectivity index (χ2v) is 5.56. The molecule has 2 aromatic carbocycles. The Labute approximate surface area is 137 Å². The van der Waals surface area contributed by atoms with E-state index in [-0.39, 0.29) is 18.6 Å². The van der Waals surface area contributed by atoms with Crippen LogP contribution < -0.4 is 10.1 Å². The van der Waals surface area contributed by atoms with Crippen LogP contribution in [0.1, 0.15) is 30.5 Å². The number of aliphatic hydroxyl groups excluding tert-OH is 1. The van der Waals surface area contributed by atoms with Gasteiger partial charge in [0.15, 0.2) is 6.10 Å². The van der Waals surface area contributed by atoms with E-state index in [9.17, 15) is 9.90 Å². The minimum absolute atomic E-state index is 0.00690. The van der Waals surface area contributed by atoms with Gasteiger partial charge in [0.25, 0.3) is 5.91 Å². The lowest BCUT2D eigenvalue weighted by atomic mass is 10.0. The molecule has 2 unspecified atom stereocenters. The average Bonchev–Trinajstić information content (AvgIpc) is 2.55. The minimum Gasteiger partial charge on any atom is -0.481 e. The lowest BCUT2D eigenvalue weighted by Gasteiger charge is -2.21. The molecule has 0 aliphatic carbocycles. The maximum absolute atomic E-state index is 12.4. The van der Waals surface area contributed by atoms with Crippen LogP contribution in [0, 0.1) is 6.92 Å². The fraction of sp³-hybridized carbons (Fsp3) is 0.316. The second-order valence-electron chi connectivity index (χ2n) is 5.56. The Morgan fingerprint density at radius 1 is 1.17 bits per heavy atom. The Morgan fingerprint density at radius 3 is 2.57 bits per heavy atom. The predicted molar refractivity (Wildman–Crippen MR) is 90.3 cm³/mol. The summed E-state index contributed by atoms with van der Waals surface area (Å²) in [5, 5.41) is 12.2. The van der Waals surface area contributed by atoms with Crippen LogP contribution in [0.25, 0.3) is 0 Å². The predicted octanol–water partition coefficient (Wildman–Crippen LogP) is 3.00. The lowest BCUT2D eigenvalue weighted by Crippen LogP contribution is -2.39. The number of benzene rings is 2. The van der Waals surface area contributed by atoms with Crippen LogP contribution in [0.5, 0.6) is 5.75 Å². The van der Waals surface area contributed by atoms with Crippen LogP contribution in [0.4, 0.5) is 0 Å². The van der Waals surface area contributed by atoms with E-state index in [2.05, 4.69) is 5.32 Å². The molecular formula is C19H23NO3. The molecule has 0 spiro atoms. The molecule has 4 heteroatoms. The number of aryl methyl sites for hydroxylation is 1. The summed E-state index contributed by atoms with van der Waals surface area (Å²) in [6.45, 7) is 3.70. The van der Waals surface area contributed by atoms with E-state index in [0.29, 0.717) is 12.2 Å². The van der Waals surface area contributed by atoms with Crippen LogP contribution >= 0.6 is 0 Å². The first-order valence-electron chi connectivity index (χ1n) is 7.79.